The zero-order valence-electron chi connectivity index (χ0n) is 16.9. The molecule has 1 saturated heterocycles. The zero-order valence-corrected chi connectivity index (χ0v) is 17.7. The summed E-state index contributed by atoms with van der Waals surface area (Å²) in [5.74, 6) is 0.832. The van der Waals surface area contributed by atoms with Crippen molar-refractivity contribution in [1.82, 2.24) is 4.90 Å². The lowest BCUT2D eigenvalue weighted by Gasteiger charge is -2.36. The summed E-state index contributed by atoms with van der Waals surface area (Å²) in [5.41, 5.74) is 1.99. The summed E-state index contributed by atoms with van der Waals surface area (Å²) >= 11 is 1.55. The highest BCUT2D eigenvalue weighted by molar-refractivity contribution is 8.00. The number of thioether (sulfide) groups is 1. The number of nitrogens with zero attached hydrogens (tertiary/aromatic N) is 2. The van der Waals surface area contributed by atoms with Gasteiger partial charge in [0.2, 0.25) is 5.91 Å². The van der Waals surface area contributed by atoms with Gasteiger partial charge in [0.15, 0.2) is 0 Å². The molecule has 5 nitrogen and oxygen atoms in total. The second kappa shape index (κ2) is 9.85. The Morgan fingerprint density at radius 2 is 1.79 bits per heavy atom. The number of piperazine rings is 1. The molecule has 1 aliphatic heterocycles. The molecule has 0 aromatic heterocycles. The van der Waals surface area contributed by atoms with Gasteiger partial charge >= 0.3 is 0 Å². The number of carbonyl (C=O) groups is 1. The van der Waals surface area contributed by atoms with Crippen LogP contribution in [0.2, 0.25) is 0 Å². The number of hydrogen-bond donors (Lipinski definition) is 1. The third kappa shape index (κ3) is 5.20. The van der Waals surface area contributed by atoms with E-state index in [4.69, 9.17) is 4.74 Å². The van der Waals surface area contributed by atoms with Crippen LogP contribution in [0.3, 0.4) is 0 Å². The largest absolute Gasteiger partial charge is 0.497 e. The first-order valence-corrected chi connectivity index (χ1v) is 10.7. The van der Waals surface area contributed by atoms with Crippen molar-refractivity contribution < 1.29 is 9.53 Å². The second-order valence-corrected chi connectivity index (χ2v) is 8.28. The van der Waals surface area contributed by atoms with Gasteiger partial charge in [-0.3, -0.25) is 4.79 Å². The molecule has 0 spiro atoms. The van der Waals surface area contributed by atoms with Gasteiger partial charge in [-0.2, -0.15) is 0 Å². The minimum atomic E-state index is -0.196. The van der Waals surface area contributed by atoms with E-state index in [1.54, 1.807) is 18.9 Å². The zero-order chi connectivity index (χ0) is 19.9. The maximum absolute atomic E-state index is 12.8. The van der Waals surface area contributed by atoms with E-state index in [2.05, 4.69) is 28.1 Å². The number of ether oxygens (including phenoxy) is 1. The average molecular weight is 400 g/mol. The Bertz CT molecular complexity index is 774. The van der Waals surface area contributed by atoms with Gasteiger partial charge in [-0.05, 0) is 49.9 Å². The van der Waals surface area contributed by atoms with Gasteiger partial charge in [0.25, 0.3) is 0 Å². The van der Waals surface area contributed by atoms with Crippen LogP contribution < -0.4 is 15.0 Å². The highest BCUT2D eigenvalue weighted by Crippen LogP contribution is 2.29. The molecule has 1 aliphatic rings. The van der Waals surface area contributed by atoms with E-state index in [1.165, 1.54) is 0 Å². The summed E-state index contributed by atoms with van der Waals surface area (Å²) in [6, 6.07) is 15.9. The second-order valence-electron chi connectivity index (χ2n) is 6.86. The predicted octanol–water partition coefficient (Wildman–Crippen LogP) is 3.96. The van der Waals surface area contributed by atoms with Gasteiger partial charge in [-0.25, -0.2) is 0 Å². The van der Waals surface area contributed by atoms with Crippen LogP contribution in [0.25, 0.3) is 0 Å². The number of methoxy groups -OCH3 is 1. The van der Waals surface area contributed by atoms with E-state index in [9.17, 15) is 4.79 Å². The molecule has 2 aromatic carbocycles. The first-order valence-electron chi connectivity index (χ1n) is 9.78. The van der Waals surface area contributed by atoms with Crippen LogP contribution in [0, 0.1) is 0 Å². The summed E-state index contributed by atoms with van der Waals surface area (Å²) < 4.78 is 5.19. The van der Waals surface area contributed by atoms with Gasteiger partial charge in [0, 0.05) is 31.1 Å². The topological polar surface area (TPSA) is 44.8 Å². The smallest absolute Gasteiger partial charge is 0.237 e. The third-order valence-electron chi connectivity index (χ3n) is 5.06. The number of nitrogens with one attached hydrogen (secondary N) is 1. The quantitative estimate of drug-likeness (QED) is 0.714. The Labute approximate surface area is 172 Å². The van der Waals surface area contributed by atoms with E-state index in [0.29, 0.717) is 0 Å². The molecule has 1 amide bonds. The molecule has 1 heterocycles. The van der Waals surface area contributed by atoms with Crippen LogP contribution in [-0.4, -0.2) is 55.9 Å². The fraction of sp³-hybridized carbons (Fsp3) is 0.409. The Kier molecular flexibility index (Phi) is 7.23. The molecule has 6 heteroatoms. The molecule has 1 unspecified atom stereocenters. The lowest BCUT2D eigenvalue weighted by molar-refractivity contribution is -0.115. The van der Waals surface area contributed by atoms with Crippen molar-refractivity contribution in [2.45, 2.75) is 24.0 Å². The summed E-state index contributed by atoms with van der Waals surface area (Å²) in [7, 11) is 1.65. The maximum Gasteiger partial charge on any atom is 0.237 e. The SMILES string of the molecule is CCN1CCN(c2ccccc2NC(=O)C(C)Sc2ccc(OC)cc2)CC1. The number of amides is 1. The van der Waals surface area contributed by atoms with Crippen LogP contribution in [0.1, 0.15) is 13.8 Å². The standard InChI is InChI=1S/C22H29N3O2S/c1-4-24-13-15-25(16-14-24)21-8-6-5-7-20(21)23-22(26)17(2)28-19-11-9-18(27-3)10-12-19/h5-12,17H,4,13-16H2,1-3H3,(H,23,26). The highest BCUT2D eigenvalue weighted by Gasteiger charge is 2.20. The minimum Gasteiger partial charge on any atom is -0.497 e. The predicted molar refractivity (Wildman–Crippen MR) is 118 cm³/mol. The molecule has 0 aliphatic carbocycles. The fourth-order valence-electron chi connectivity index (χ4n) is 3.31. The average Bonchev–Trinajstić information content (AvgIpc) is 2.74. The van der Waals surface area contributed by atoms with E-state index in [0.717, 1.165) is 54.7 Å². The Hall–Kier alpha value is -2.18. The van der Waals surface area contributed by atoms with Gasteiger partial charge in [0.1, 0.15) is 5.75 Å². The van der Waals surface area contributed by atoms with Crippen molar-refractivity contribution >= 4 is 29.0 Å². The van der Waals surface area contributed by atoms with Crippen LogP contribution in [0.15, 0.2) is 53.4 Å². The number of rotatable bonds is 7. The molecule has 28 heavy (non-hydrogen) atoms. The molecular formula is C22H29N3O2S. The van der Waals surface area contributed by atoms with Crippen LogP contribution >= 0.6 is 11.8 Å². The monoisotopic (exact) mass is 399 g/mol. The normalized spacial score (nSPS) is 15.9. The first-order chi connectivity index (χ1) is 13.6. The lowest BCUT2D eigenvalue weighted by atomic mass is 10.2. The lowest BCUT2D eigenvalue weighted by Crippen LogP contribution is -2.46. The van der Waals surface area contributed by atoms with E-state index < -0.39 is 0 Å². The molecule has 1 atom stereocenters. The molecule has 150 valence electrons. The summed E-state index contributed by atoms with van der Waals surface area (Å²) in [4.78, 5) is 18.7. The molecule has 0 saturated carbocycles. The summed E-state index contributed by atoms with van der Waals surface area (Å²) in [6.07, 6.45) is 0. The Balaban J connectivity index is 1.63. The fourth-order valence-corrected chi connectivity index (χ4v) is 4.17. The number of benzene rings is 2. The van der Waals surface area contributed by atoms with Crippen molar-refractivity contribution in [3.05, 3.63) is 48.5 Å². The van der Waals surface area contributed by atoms with Crippen molar-refractivity contribution in [2.75, 3.05) is 50.1 Å². The van der Waals surface area contributed by atoms with E-state index in [1.807, 2.05) is 49.4 Å². The van der Waals surface area contributed by atoms with Crippen molar-refractivity contribution in [1.29, 1.82) is 0 Å². The van der Waals surface area contributed by atoms with Crippen LogP contribution in [-0.2, 0) is 4.79 Å². The number of likely N-dealkylation sites (N-methyl/N-ethyl adjacent to an activating group) is 1. The summed E-state index contributed by atoms with van der Waals surface area (Å²) in [5, 5.41) is 2.94. The molecule has 1 fully saturated rings. The van der Waals surface area contributed by atoms with Gasteiger partial charge in [0.05, 0.1) is 23.7 Å². The Morgan fingerprint density at radius 1 is 1.11 bits per heavy atom. The van der Waals surface area contributed by atoms with Crippen LogP contribution in [0.4, 0.5) is 11.4 Å². The first kappa shape index (κ1) is 20.6. The maximum atomic E-state index is 12.8. The molecular weight excluding hydrogens is 370 g/mol. The van der Waals surface area contributed by atoms with Gasteiger partial charge in [-0.15, -0.1) is 11.8 Å². The molecule has 2 aromatic rings. The van der Waals surface area contributed by atoms with Crippen LogP contribution in [0.5, 0.6) is 5.75 Å². The third-order valence-corrected chi connectivity index (χ3v) is 6.18. The van der Waals surface area contributed by atoms with Crippen molar-refractivity contribution in [3.8, 4) is 5.75 Å². The number of hydrogen-bond acceptors (Lipinski definition) is 5. The molecule has 1 N–H and O–H groups in total. The number of para-hydroxylation sites is 2. The highest BCUT2D eigenvalue weighted by atomic mass is 32.2. The van der Waals surface area contributed by atoms with Gasteiger partial charge in [-0.1, -0.05) is 19.1 Å². The minimum absolute atomic E-state index is 0.0143. The molecule has 0 radical (unpaired) electrons. The van der Waals surface area contributed by atoms with E-state index >= 15 is 0 Å². The summed E-state index contributed by atoms with van der Waals surface area (Å²) in [6.45, 7) is 9.31. The van der Waals surface area contributed by atoms with Gasteiger partial charge < -0.3 is 19.9 Å². The number of anilines is 2. The van der Waals surface area contributed by atoms with Crippen molar-refractivity contribution in [2.24, 2.45) is 0 Å². The van der Waals surface area contributed by atoms with E-state index in [-0.39, 0.29) is 11.2 Å². The number of carbonyl (C=O) groups excluding carboxylic acids is 1. The van der Waals surface area contributed by atoms with Crippen molar-refractivity contribution in [3.63, 3.8) is 0 Å². The molecule has 0 bridgehead atoms. The Morgan fingerprint density at radius 3 is 2.43 bits per heavy atom. The molecule has 3 rings (SSSR count).